The van der Waals surface area contributed by atoms with Gasteiger partial charge in [-0.15, -0.1) is 0 Å². The molecule has 1 heterocycles. The van der Waals surface area contributed by atoms with Crippen LogP contribution in [0.1, 0.15) is 26.4 Å². The first-order chi connectivity index (χ1) is 8.58. The maximum Gasteiger partial charge on any atom is 0.335 e. The predicted octanol–water partition coefficient (Wildman–Crippen LogP) is 1.93. The summed E-state index contributed by atoms with van der Waals surface area (Å²) in [5.41, 5.74) is 1.44. The standard InChI is InChI=1S/C12H10N2O4/c1-7-2-3-8(12(16)17)6-10(7)13-11(15)9-4-5-18-14-9/h2-6H,1H3,(H,13,15)(H,16,17). The zero-order valence-electron chi connectivity index (χ0n) is 9.51. The van der Waals surface area contributed by atoms with E-state index in [1.54, 1.807) is 13.0 Å². The number of rotatable bonds is 3. The lowest BCUT2D eigenvalue weighted by molar-refractivity contribution is 0.0696. The van der Waals surface area contributed by atoms with Crippen LogP contribution in [0, 0.1) is 6.92 Å². The molecule has 0 saturated heterocycles. The molecule has 1 amide bonds. The monoisotopic (exact) mass is 246 g/mol. The average molecular weight is 246 g/mol. The van der Waals surface area contributed by atoms with Gasteiger partial charge in [0.05, 0.1) is 5.56 Å². The van der Waals surface area contributed by atoms with E-state index in [1.807, 2.05) is 0 Å². The molecule has 2 rings (SSSR count). The summed E-state index contributed by atoms with van der Waals surface area (Å²) in [6, 6.07) is 5.92. The van der Waals surface area contributed by atoms with Gasteiger partial charge in [-0.25, -0.2) is 4.79 Å². The van der Waals surface area contributed by atoms with Crippen molar-refractivity contribution < 1.29 is 19.2 Å². The number of anilines is 1. The molecule has 92 valence electrons. The van der Waals surface area contributed by atoms with Crippen LogP contribution in [0.25, 0.3) is 0 Å². The molecule has 0 radical (unpaired) electrons. The third-order valence-corrected chi connectivity index (χ3v) is 2.40. The van der Waals surface area contributed by atoms with Crippen molar-refractivity contribution in [1.29, 1.82) is 0 Å². The molecule has 2 N–H and O–H groups in total. The van der Waals surface area contributed by atoms with Gasteiger partial charge in [0.25, 0.3) is 5.91 Å². The fourth-order valence-corrected chi connectivity index (χ4v) is 1.41. The summed E-state index contributed by atoms with van der Waals surface area (Å²) >= 11 is 0. The highest BCUT2D eigenvalue weighted by Gasteiger charge is 2.12. The Balaban J connectivity index is 2.26. The number of aromatic nitrogens is 1. The van der Waals surface area contributed by atoms with Crippen LogP contribution < -0.4 is 5.32 Å². The molecule has 2 aromatic rings. The molecule has 6 nitrogen and oxygen atoms in total. The van der Waals surface area contributed by atoms with Gasteiger partial charge in [-0.2, -0.15) is 0 Å². The number of nitrogens with one attached hydrogen (secondary N) is 1. The minimum absolute atomic E-state index is 0.107. The largest absolute Gasteiger partial charge is 0.478 e. The number of carbonyl (C=O) groups excluding carboxylic acids is 1. The van der Waals surface area contributed by atoms with E-state index in [0.717, 1.165) is 5.56 Å². The van der Waals surface area contributed by atoms with E-state index in [-0.39, 0.29) is 11.3 Å². The Morgan fingerprint density at radius 1 is 1.33 bits per heavy atom. The maximum atomic E-state index is 11.7. The molecular formula is C12H10N2O4. The highest BCUT2D eigenvalue weighted by molar-refractivity contribution is 6.03. The summed E-state index contributed by atoms with van der Waals surface area (Å²) in [5.74, 6) is -1.50. The lowest BCUT2D eigenvalue weighted by Crippen LogP contribution is -2.13. The minimum Gasteiger partial charge on any atom is -0.478 e. The van der Waals surface area contributed by atoms with Gasteiger partial charge in [0, 0.05) is 11.8 Å². The van der Waals surface area contributed by atoms with E-state index in [1.165, 1.54) is 24.5 Å². The number of hydrogen-bond donors (Lipinski definition) is 2. The van der Waals surface area contributed by atoms with E-state index in [4.69, 9.17) is 5.11 Å². The molecule has 0 fully saturated rings. The Morgan fingerprint density at radius 3 is 2.72 bits per heavy atom. The lowest BCUT2D eigenvalue weighted by atomic mass is 10.1. The van der Waals surface area contributed by atoms with Gasteiger partial charge < -0.3 is 14.9 Å². The Bertz CT molecular complexity index is 590. The van der Waals surface area contributed by atoms with E-state index < -0.39 is 11.9 Å². The van der Waals surface area contributed by atoms with Crippen LogP contribution in [0.5, 0.6) is 0 Å². The molecule has 0 spiro atoms. The van der Waals surface area contributed by atoms with Crippen LogP contribution in [0.15, 0.2) is 35.1 Å². The lowest BCUT2D eigenvalue weighted by Gasteiger charge is -2.07. The van der Waals surface area contributed by atoms with Crippen molar-refractivity contribution in [2.45, 2.75) is 6.92 Å². The first kappa shape index (κ1) is 11.8. The molecule has 0 atom stereocenters. The van der Waals surface area contributed by atoms with Crippen molar-refractivity contribution in [2.24, 2.45) is 0 Å². The van der Waals surface area contributed by atoms with Gasteiger partial charge in [-0.1, -0.05) is 11.2 Å². The van der Waals surface area contributed by atoms with E-state index >= 15 is 0 Å². The number of hydrogen-bond acceptors (Lipinski definition) is 4. The predicted molar refractivity (Wildman–Crippen MR) is 62.6 cm³/mol. The third-order valence-electron chi connectivity index (χ3n) is 2.40. The van der Waals surface area contributed by atoms with Crippen LogP contribution >= 0.6 is 0 Å². The van der Waals surface area contributed by atoms with Crippen molar-refractivity contribution >= 4 is 17.6 Å². The Kier molecular flexibility index (Phi) is 3.09. The number of nitrogens with zero attached hydrogens (tertiary/aromatic N) is 1. The summed E-state index contributed by atoms with van der Waals surface area (Å²) in [6.07, 6.45) is 1.29. The molecular weight excluding hydrogens is 236 g/mol. The highest BCUT2D eigenvalue weighted by Crippen LogP contribution is 2.17. The van der Waals surface area contributed by atoms with Crippen molar-refractivity contribution in [3.05, 3.63) is 47.3 Å². The van der Waals surface area contributed by atoms with Crippen LogP contribution in [-0.4, -0.2) is 22.1 Å². The second-order valence-electron chi connectivity index (χ2n) is 3.67. The Hall–Kier alpha value is -2.63. The van der Waals surface area contributed by atoms with Crippen LogP contribution in [0.2, 0.25) is 0 Å². The number of carboxylic acid groups (broad SMARTS) is 1. The number of aryl methyl sites for hydroxylation is 1. The summed E-state index contributed by atoms with van der Waals surface area (Å²) in [6.45, 7) is 1.77. The van der Waals surface area contributed by atoms with Crippen LogP contribution in [-0.2, 0) is 0 Å². The summed E-state index contributed by atoms with van der Waals surface area (Å²) < 4.78 is 4.56. The van der Waals surface area contributed by atoms with Gasteiger partial charge >= 0.3 is 5.97 Å². The zero-order chi connectivity index (χ0) is 13.1. The van der Waals surface area contributed by atoms with E-state index in [9.17, 15) is 9.59 Å². The number of carbonyl (C=O) groups is 2. The van der Waals surface area contributed by atoms with E-state index in [0.29, 0.717) is 5.69 Å². The van der Waals surface area contributed by atoms with Crippen molar-refractivity contribution in [1.82, 2.24) is 5.16 Å². The smallest absolute Gasteiger partial charge is 0.335 e. The summed E-state index contributed by atoms with van der Waals surface area (Å²) in [5, 5.41) is 15.0. The first-order valence-electron chi connectivity index (χ1n) is 5.13. The molecule has 0 saturated carbocycles. The van der Waals surface area contributed by atoms with Crippen LogP contribution in [0.3, 0.4) is 0 Å². The minimum atomic E-state index is -1.05. The number of benzene rings is 1. The zero-order valence-corrected chi connectivity index (χ0v) is 9.51. The Morgan fingerprint density at radius 2 is 2.11 bits per heavy atom. The number of aromatic carboxylic acids is 1. The summed E-state index contributed by atoms with van der Waals surface area (Å²) in [7, 11) is 0. The van der Waals surface area contributed by atoms with Gasteiger partial charge in [0.2, 0.25) is 0 Å². The second kappa shape index (κ2) is 4.70. The molecule has 0 unspecified atom stereocenters. The quantitative estimate of drug-likeness (QED) is 0.863. The third kappa shape index (κ3) is 2.37. The molecule has 0 aliphatic rings. The topological polar surface area (TPSA) is 92.4 Å². The molecule has 1 aromatic carbocycles. The second-order valence-corrected chi connectivity index (χ2v) is 3.67. The molecule has 6 heteroatoms. The van der Waals surface area contributed by atoms with Gasteiger partial charge in [0.1, 0.15) is 6.26 Å². The van der Waals surface area contributed by atoms with Gasteiger partial charge in [-0.05, 0) is 24.6 Å². The maximum absolute atomic E-state index is 11.7. The van der Waals surface area contributed by atoms with Crippen molar-refractivity contribution in [3.8, 4) is 0 Å². The molecule has 1 aromatic heterocycles. The van der Waals surface area contributed by atoms with Crippen molar-refractivity contribution in [3.63, 3.8) is 0 Å². The molecule has 0 bridgehead atoms. The fourth-order valence-electron chi connectivity index (χ4n) is 1.41. The SMILES string of the molecule is Cc1ccc(C(=O)O)cc1NC(=O)c1ccon1. The van der Waals surface area contributed by atoms with E-state index in [2.05, 4.69) is 15.0 Å². The normalized spacial score (nSPS) is 10.1. The fraction of sp³-hybridized carbons (Fsp3) is 0.0833. The first-order valence-corrected chi connectivity index (χ1v) is 5.13. The Labute approximate surface area is 102 Å². The summed E-state index contributed by atoms with van der Waals surface area (Å²) in [4.78, 5) is 22.6. The molecule has 0 aliphatic heterocycles. The van der Waals surface area contributed by atoms with Gasteiger partial charge in [-0.3, -0.25) is 4.79 Å². The van der Waals surface area contributed by atoms with Gasteiger partial charge in [0.15, 0.2) is 5.69 Å². The molecule has 0 aliphatic carbocycles. The van der Waals surface area contributed by atoms with Crippen LogP contribution in [0.4, 0.5) is 5.69 Å². The molecule has 18 heavy (non-hydrogen) atoms. The number of amides is 1. The number of carboxylic acids is 1. The average Bonchev–Trinajstić information content (AvgIpc) is 2.85. The van der Waals surface area contributed by atoms with Crippen molar-refractivity contribution in [2.75, 3.05) is 5.32 Å². The highest BCUT2D eigenvalue weighted by atomic mass is 16.5.